The third-order valence-electron chi connectivity index (χ3n) is 4.74. The Balaban J connectivity index is 2.24. The largest absolute Gasteiger partial charge is 0.330 e. The summed E-state index contributed by atoms with van der Waals surface area (Å²) in [5.41, 5.74) is 0. The quantitative estimate of drug-likeness (QED) is 0.899. The second kappa shape index (κ2) is 6.08. The minimum absolute atomic E-state index is 0.493. The summed E-state index contributed by atoms with van der Waals surface area (Å²) in [6.07, 6.45) is 8.04. The lowest BCUT2D eigenvalue weighted by atomic mass is 9.76. The number of hydrogen-bond acceptors (Lipinski definition) is 2. The van der Waals surface area contributed by atoms with Crippen LogP contribution in [0.3, 0.4) is 0 Å². The van der Waals surface area contributed by atoms with Crippen LogP contribution in [0.1, 0.15) is 64.7 Å². The molecule has 3 heteroatoms. The number of nitrogens with one attached hydrogen (secondary N) is 1. The first-order valence-corrected chi connectivity index (χ1v) is 7.74. The lowest BCUT2D eigenvalue weighted by Gasteiger charge is -2.39. The molecule has 0 amide bonds. The van der Waals surface area contributed by atoms with Gasteiger partial charge >= 0.3 is 0 Å². The van der Waals surface area contributed by atoms with Crippen molar-refractivity contribution in [3.05, 3.63) is 18.2 Å². The maximum atomic E-state index is 4.56. The van der Waals surface area contributed by atoms with Gasteiger partial charge in [0.25, 0.3) is 0 Å². The van der Waals surface area contributed by atoms with E-state index in [1.54, 1.807) is 0 Å². The van der Waals surface area contributed by atoms with Gasteiger partial charge in [-0.2, -0.15) is 0 Å². The lowest BCUT2D eigenvalue weighted by molar-refractivity contribution is 0.173. The Morgan fingerprint density at radius 3 is 2.58 bits per heavy atom. The molecule has 19 heavy (non-hydrogen) atoms. The van der Waals surface area contributed by atoms with Crippen molar-refractivity contribution in [1.29, 1.82) is 0 Å². The molecule has 1 fully saturated rings. The monoisotopic (exact) mass is 263 g/mol. The Labute approximate surface area is 117 Å². The van der Waals surface area contributed by atoms with Crippen molar-refractivity contribution in [3.63, 3.8) is 0 Å². The SMILES string of the molecule is CNC1CCC(C(C)C)CC1n1ccnc1C(C)C. The van der Waals surface area contributed by atoms with E-state index in [1.165, 1.54) is 25.1 Å². The van der Waals surface area contributed by atoms with E-state index in [0.717, 1.165) is 11.8 Å². The van der Waals surface area contributed by atoms with Crippen LogP contribution in [0, 0.1) is 11.8 Å². The van der Waals surface area contributed by atoms with Gasteiger partial charge in [0.1, 0.15) is 5.82 Å². The van der Waals surface area contributed by atoms with E-state index in [9.17, 15) is 0 Å². The van der Waals surface area contributed by atoms with Crippen molar-refractivity contribution in [3.8, 4) is 0 Å². The van der Waals surface area contributed by atoms with Crippen molar-refractivity contribution in [2.45, 2.75) is 65.0 Å². The van der Waals surface area contributed by atoms with Crippen LogP contribution in [0.5, 0.6) is 0 Å². The second-order valence-electron chi connectivity index (χ2n) is 6.63. The van der Waals surface area contributed by atoms with Gasteiger partial charge in [-0.05, 0) is 38.1 Å². The summed E-state index contributed by atoms with van der Waals surface area (Å²) in [6.45, 7) is 9.18. The number of imidazole rings is 1. The van der Waals surface area contributed by atoms with Crippen LogP contribution in [0.25, 0.3) is 0 Å². The molecule has 1 aromatic rings. The van der Waals surface area contributed by atoms with Gasteiger partial charge < -0.3 is 9.88 Å². The second-order valence-corrected chi connectivity index (χ2v) is 6.63. The summed E-state index contributed by atoms with van der Waals surface area (Å²) in [5.74, 6) is 3.35. The van der Waals surface area contributed by atoms with E-state index in [-0.39, 0.29) is 0 Å². The third-order valence-corrected chi connectivity index (χ3v) is 4.74. The minimum atomic E-state index is 0.493. The van der Waals surface area contributed by atoms with E-state index in [4.69, 9.17) is 0 Å². The molecule has 0 aliphatic heterocycles. The number of nitrogens with zero attached hydrogens (tertiary/aromatic N) is 2. The predicted octanol–water partition coefficient (Wildman–Crippen LogP) is 3.59. The smallest absolute Gasteiger partial charge is 0.111 e. The summed E-state index contributed by atoms with van der Waals surface area (Å²) in [5, 5.41) is 3.52. The van der Waals surface area contributed by atoms with Crippen LogP contribution in [-0.4, -0.2) is 22.6 Å². The number of hydrogen-bond donors (Lipinski definition) is 1. The minimum Gasteiger partial charge on any atom is -0.330 e. The molecule has 2 rings (SSSR count). The van der Waals surface area contributed by atoms with Gasteiger partial charge in [0.2, 0.25) is 0 Å². The number of likely N-dealkylation sites (N-methyl/N-ethyl adjacent to an activating group) is 1. The standard InChI is InChI=1S/C16H29N3/c1-11(2)13-6-7-14(17-5)15(10-13)19-9-8-18-16(19)12(3)4/h8-9,11-15,17H,6-7,10H2,1-5H3. The molecule has 1 aromatic heterocycles. The molecule has 3 nitrogen and oxygen atoms in total. The lowest BCUT2D eigenvalue weighted by Crippen LogP contribution is -2.41. The maximum Gasteiger partial charge on any atom is 0.111 e. The van der Waals surface area contributed by atoms with Crippen LogP contribution >= 0.6 is 0 Å². The average Bonchev–Trinajstić information content (AvgIpc) is 2.87. The zero-order valence-electron chi connectivity index (χ0n) is 13.1. The van der Waals surface area contributed by atoms with Crippen LogP contribution in [-0.2, 0) is 0 Å². The normalized spacial score (nSPS) is 28.3. The maximum absolute atomic E-state index is 4.56. The topological polar surface area (TPSA) is 29.9 Å². The fourth-order valence-corrected chi connectivity index (χ4v) is 3.48. The van der Waals surface area contributed by atoms with Crippen molar-refractivity contribution >= 4 is 0 Å². The van der Waals surface area contributed by atoms with E-state index >= 15 is 0 Å². The summed E-state index contributed by atoms with van der Waals surface area (Å²) in [4.78, 5) is 4.56. The zero-order chi connectivity index (χ0) is 14.0. The Bertz CT molecular complexity index is 394. The van der Waals surface area contributed by atoms with E-state index in [2.05, 4.69) is 55.8 Å². The Hall–Kier alpha value is -0.830. The highest BCUT2D eigenvalue weighted by Gasteiger charge is 2.33. The van der Waals surface area contributed by atoms with Crippen molar-refractivity contribution in [2.75, 3.05) is 7.05 Å². The van der Waals surface area contributed by atoms with Crippen molar-refractivity contribution < 1.29 is 0 Å². The molecule has 1 saturated carbocycles. The molecular weight excluding hydrogens is 234 g/mol. The van der Waals surface area contributed by atoms with Crippen LogP contribution in [0.4, 0.5) is 0 Å². The van der Waals surface area contributed by atoms with E-state index in [1.807, 2.05) is 6.20 Å². The Morgan fingerprint density at radius 2 is 2.00 bits per heavy atom. The molecule has 3 unspecified atom stereocenters. The number of rotatable bonds is 4. The molecule has 3 atom stereocenters. The first-order valence-electron chi connectivity index (χ1n) is 7.74. The third kappa shape index (κ3) is 3.02. The Morgan fingerprint density at radius 1 is 1.26 bits per heavy atom. The van der Waals surface area contributed by atoms with Gasteiger partial charge in [-0.15, -0.1) is 0 Å². The molecule has 0 radical (unpaired) electrons. The number of aromatic nitrogens is 2. The van der Waals surface area contributed by atoms with Gasteiger partial charge in [0.05, 0.1) is 6.04 Å². The molecule has 0 aromatic carbocycles. The highest BCUT2D eigenvalue weighted by atomic mass is 15.1. The fourth-order valence-electron chi connectivity index (χ4n) is 3.48. The highest BCUT2D eigenvalue weighted by molar-refractivity contribution is 5.03. The summed E-state index contributed by atoms with van der Waals surface area (Å²) in [6, 6.07) is 1.15. The molecule has 0 saturated heterocycles. The van der Waals surface area contributed by atoms with Crippen LogP contribution in [0.2, 0.25) is 0 Å². The first-order chi connectivity index (χ1) is 9.04. The molecule has 0 spiro atoms. The molecule has 108 valence electrons. The van der Waals surface area contributed by atoms with Crippen LogP contribution < -0.4 is 5.32 Å². The molecular formula is C16H29N3. The van der Waals surface area contributed by atoms with Crippen molar-refractivity contribution in [1.82, 2.24) is 14.9 Å². The van der Waals surface area contributed by atoms with Gasteiger partial charge in [0.15, 0.2) is 0 Å². The molecule has 1 aliphatic rings. The van der Waals surface area contributed by atoms with E-state index in [0.29, 0.717) is 18.0 Å². The van der Waals surface area contributed by atoms with Gasteiger partial charge in [-0.25, -0.2) is 4.98 Å². The predicted molar refractivity (Wildman–Crippen MR) is 80.4 cm³/mol. The van der Waals surface area contributed by atoms with Crippen molar-refractivity contribution in [2.24, 2.45) is 11.8 Å². The molecule has 1 heterocycles. The summed E-state index contributed by atoms with van der Waals surface area (Å²) >= 11 is 0. The summed E-state index contributed by atoms with van der Waals surface area (Å²) < 4.78 is 2.43. The van der Waals surface area contributed by atoms with Gasteiger partial charge in [-0.1, -0.05) is 27.7 Å². The van der Waals surface area contributed by atoms with E-state index < -0.39 is 0 Å². The highest BCUT2D eigenvalue weighted by Crippen LogP contribution is 2.37. The van der Waals surface area contributed by atoms with Gasteiger partial charge in [0, 0.05) is 24.4 Å². The zero-order valence-corrected chi connectivity index (χ0v) is 13.1. The molecule has 1 N–H and O–H groups in total. The van der Waals surface area contributed by atoms with Gasteiger partial charge in [-0.3, -0.25) is 0 Å². The summed E-state index contributed by atoms with van der Waals surface area (Å²) in [7, 11) is 2.10. The first kappa shape index (κ1) is 14.6. The molecule has 1 aliphatic carbocycles. The Kier molecular flexibility index (Phi) is 4.67. The average molecular weight is 263 g/mol. The molecule has 0 bridgehead atoms. The fraction of sp³-hybridized carbons (Fsp3) is 0.812. The van der Waals surface area contributed by atoms with Crippen LogP contribution in [0.15, 0.2) is 12.4 Å².